The molecule has 8 atom stereocenters. The molecule has 0 spiro atoms. The first-order chi connectivity index (χ1) is 14.7. The highest BCUT2D eigenvalue weighted by Crippen LogP contribution is 2.72. The summed E-state index contributed by atoms with van der Waals surface area (Å²) in [7, 11) is 0. The number of ketones is 1. The van der Waals surface area contributed by atoms with Crippen molar-refractivity contribution in [1.29, 1.82) is 0 Å². The van der Waals surface area contributed by atoms with Gasteiger partial charge in [0.25, 0.3) is 0 Å². The molecule has 1 aliphatic heterocycles. The predicted octanol–water partition coefficient (Wildman–Crippen LogP) is 5.38. The number of aliphatic hydroxyl groups is 1. The Morgan fingerprint density at radius 3 is 2.34 bits per heavy atom. The molecular weight excluding hydrogens is 404 g/mol. The number of fused-ring (bicyclic) bond motifs is 3. The molecule has 2 N–H and O–H groups in total. The zero-order chi connectivity index (χ0) is 23.7. The number of aliphatic carboxylic acids is 1. The maximum atomic E-state index is 13.1. The van der Waals surface area contributed by atoms with E-state index < -0.39 is 12.1 Å². The lowest BCUT2D eigenvalue weighted by molar-refractivity contribution is -0.232. The molecule has 0 aromatic rings. The van der Waals surface area contributed by atoms with Crippen LogP contribution in [0.4, 0.5) is 0 Å². The standard InChI is InChI=1S/C27H44O5/c1-23(2)10-7-11-27(6,32-23)18-8-13-25(4)22(18)19(29)14-20-24(3,12-9-21(30)31)15-17(28)16-26(20,25)5/h18-20,22,29H,7-16H2,1-6H3,(H,30,31)/t18-,19+,20+,22-,24-,25+,26+,27+/m0/s1. The molecule has 5 nitrogen and oxygen atoms in total. The van der Waals surface area contributed by atoms with Crippen molar-refractivity contribution >= 4 is 11.8 Å². The molecule has 0 unspecified atom stereocenters. The summed E-state index contributed by atoms with van der Waals surface area (Å²) in [5.41, 5.74) is -1.15. The monoisotopic (exact) mass is 448 g/mol. The molecule has 0 radical (unpaired) electrons. The number of carbonyl (C=O) groups excluding carboxylic acids is 1. The molecule has 0 bridgehead atoms. The zero-order valence-corrected chi connectivity index (χ0v) is 21.0. The summed E-state index contributed by atoms with van der Waals surface area (Å²) in [5.74, 6) is -0.00646. The Balaban J connectivity index is 1.70. The van der Waals surface area contributed by atoms with Crippen molar-refractivity contribution in [2.75, 3.05) is 0 Å². The van der Waals surface area contributed by atoms with Crippen LogP contribution in [-0.4, -0.2) is 39.3 Å². The number of Topliss-reactive ketones (excluding diaryl/α,β-unsaturated/α-hetero) is 1. The highest BCUT2D eigenvalue weighted by atomic mass is 16.5. The number of rotatable bonds is 4. The van der Waals surface area contributed by atoms with E-state index in [1.54, 1.807) is 0 Å². The van der Waals surface area contributed by atoms with Crippen molar-refractivity contribution in [3.8, 4) is 0 Å². The lowest BCUT2D eigenvalue weighted by Crippen LogP contribution is -2.63. The Bertz CT molecular complexity index is 791. The van der Waals surface area contributed by atoms with E-state index in [0.29, 0.717) is 25.7 Å². The largest absolute Gasteiger partial charge is 0.481 e. The van der Waals surface area contributed by atoms with Gasteiger partial charge in [0.1, 0.15) is 5.78 Å². The second kappa shape index (κ2) is 7.53. The number of carbonyl (C=O) groups is 2. The van der Waals surface area contributed by atoms with Gasteiger partial charge < -0.3 is 14.9 Å². The van der Waals surface area contributed by atoms with E-state index in [4.69, 9.17) is 4.74 Å². The minimum absolute atomic E-state index is 0.0796. The van der Waals surface area contributed by atoms with Gasteiger partial charge in [-0.05, 0) is 99.7 Å². The lowest BCUT2D eigenvalue weighted by atomic mass is 9.39. The van der Waals surface area contributed by atoms with Crippen LogP contribution in [-0.2, 0) is 14.3 Å². The summed E-state index contributed by atoms with van der Waals surface area (Å²) in [6.45, 7) is 13.3. The van der Waals surface area contributed by atoms with Crippen molar-refractivity contribution < 1.29 is 24.5 Å². The fraction of sp³-hybridized carbons (Fsp3) is 0.926. The molecule has 182 valence electrons. The van der Waals surface area contributed by atoms with Gasteiger partial charge in [0.2, 0.25) is 0 Å². The van der Waals surface area contributed by atoms with Gasteiger partial charge in [0.05, 0.1) is 17.3 Å². The van der Waals surface area contributed by atoms with E-state index in [9.17, 15) is 19.8 Å². The highest BCUT2D eigenvalue weighted by molar-refractivity contribution is 5.81. The van der Waals surface area contributed by atoms with Crippen molar-refractivity contribution in [2.24, 2.45) is 34.0 Å². The second-order valence-corrected chi connectivity index (χ2v) is 13.3. The first-order valence-corrected chi connectivity index (χ1v) is 12.8. The Morgan fingerprint density at radius 2 is 1.72 bits per heavy atom. The van der Waals surface area contributed by atoms with Crippen molar-refractivity contribution in [2.45, 2.75) is 123 Å². The zero-order valence-electron chi connectivity index (χ0n) is 21.0. The van der Waals surface area contributed by atoms with Crippen molar-refractivity contribution in [1.82, 2.24) is 0 Å². The third kappa shape index (κ3) is 3.57. The molecule has 5 heteroatoms. The normalized spacial score (nSPS) is 50.5. The molecule has 1 saturated heterocycles. The van der Waals surface area contributed by atoms with Gasteiger partial charge >= 0.3 is 5.97 Å². The minimum Gasteiger partial charge on any atom is -0.481 e. The van der Waals surface area contributed by atoms with Crippen LogP contribution >= 0.6 is 0 Å². The second-order valence-electron chi connectivity index (χ2n) is 13.3. The summed E-state index contributed by atoms with van der Waals surface area (Å²) >= 11 is 0. The Morgan fingerprint density at radius 1 is 1.03 bits per heavy atom. The van der Waals surface area contributed by atoms with E-state index in [0.717, 1.165) is 32.1 Å². The summed E-state index contributed by atoms with van der Waals surface area (Å²) < 4.78 is 6.74. The molecule has 0 amide bonds. The third-order valence-electron chi connectivity index (χ3n) is 10.8. The van der Waals surface area contributed by atoms with Crippen LogP contribution in [0.25, 0.3) is 0 Å². The van der Waals surface area contributed by atoms with Crippen LogP contribution in [0, 0.1) is 34.0 Å². The van der Waals surface area contributed by atoms with E-state index in [1.807, 2.05) is 0 Å². The number of hydrogen-bond acceptors (Lipinski definition) is 4. The molecule has 3 aliphatic carbocycles. The van der Waals surface area contributed by atoms with Crippen molar-refractivity contribution in [3.63, 3.8) is 0 Å². The van der Waals surface area contributed by atoms with Gasteiger partial charge in [-0.2, -0.15) is 0 Å². The van der Waals surface area contributed by atoms with Crippen molar-refractivity contribution in [3.05, 3.63) is 0 Å². The van der Waals surface area contributed by atoms with Crippen LogP contribution in [0.2, 0.25) is 0 Å². The summed E-state index contributed by atoms with van der Waals surface area (Å²) in [5, 5.41) is 21.0. The molecule has 1 heterocycles. The molecule has 32 heavy (non-hydrogen) atoms. The molecular formula is C27H44O5. The van der Waals surface area contributed by atoms with E-state index in [-0.39, 0.29) is 57.4 Å². The molecule has 0 aromatic carbocycles. The molecule has 0 aromatic heterocycles. The molecule has 4 fully saturated rings. The average Bonchev–Trinajstić information content (AvgIpc) is 3.02. The number of carboxylic acid groups (broad SMARTS) is 1. The van der Waals surface area contributed by atoms with Gasteiger partial charge in [-0.25, -0.2) is 0 Å². The quantitative estimate of drug-likeness (QED) is 0.603. The summed E-state index contributed by atoms with van der Waals surface area (Å²) in [4.78, 5) is 24.5. The predicted molar refractivity (Wildman–Crippen MR) is 123 cm³/mol. The van der Waals surface area contributed by atoms with Gasteiger partial charge in [0.15, 0.2) is 0 Å². The van der Waals surface area contributed by atoms with Gasteiger partial charge in [-0.1, -0.05) is 20.8 Å². The maximum absolute atomic E-state index is 13.1. The molecule has 4 aliphatic rings. The first-order valence-electron chi connectivity index (χ1n) is 12.8. The van der Waals surface area contributed by atoms with Gasteiger partial charge in [-0.3, -0.25) is 9.59 Å². The topological polar surface area (TPSA) is 83.8 Å². The highest BCUT2D eigenvalue weighted by Gasteiger charge is 2.69. The Kier molecular flexibility index (Phi) is 5.69. The lowest BCUT2D eigenvalue weighted by Gasteiger charge is -2.65. The Hall–Kier alpha value is -0.940. The van der Waals surface area contributed by atoms with Crippen LogP contribution in [0.15, 0.2) is 0 Å². The van der Waals surface area contributed by atoms with Crippen LogP contribution in [0.3, 0.4) is 0 Å². The summed E-state index contributed by atoms with van der Waals surface area (Å²) in [6.07, 6.45) is 7.04. The number of hydrogen-bond donors (Lipinski definition) is 2. The minimum atomic E-state index is -0.808. The van der Waals surface area contributed by atoms with Gasteiger partial charge in [-0.15, -0.1) is 0 Å². The maximum Gasteiger partial charge on any atom is 0.303 e. The molecule has 4 rings (SSSR count). The smallest absolute Gasteiger partial charge is 0.303 e. The fourth-order valence-corrected chi connectivity index (χ4v) is 9.28. The molecule has 3 saturated carbocycles. The van der Waals surface area contributed by atoms with E-state index in [2.05, 4.69) is 41.5 Å². The summed E-state index contributed by atoms with van der Waals surface area (Å²) in [6, 6.07) is 0. The first kappa shape index (κ1) is 24.2. The SMILES string of the molecule is CC1(C)CCC[C@](C)([C@H]2CC[C@]3(C)[C@@H]2[C@H](O)C[C@@H]2[C@@](C)(CCC(=O)O)CC(=O)C[C@]23C)O1. The van der Waals surface area contributed by atoms with Gasteiger partial charge in [0, 0.05) is 19.3 Å². The number of carboxylic acids is 1. The average molecular weight is 449 g/mol. The van der Waals surface area contributed by atoms with Crippen LogP contribution in [0.1, 0.15) is 106 Å². The van der Waals surface area contributed by atoms with Crippen LogP contribution in [0.5, 0.6) is 0 Å². The third-order valence-corrected chi connectivity index (χ3v) is 10.8. The van der Waals surface area contributed by atoms with E-state index >= 15 is 0 Å². The fourth-order valence-electron chi connectivity index (χ4n) is 9.28. The Labute approximate surface area is 193 Å². The number of aliphatic hydroxyl groups excluding tert-OH is 1. The number of ether oxygens (including phenoxy) is 1. The van der Waals surface area contributed by atoms with Crippen LogP contribution < -0.4 is 0 Å². The van der Waals surface area contributed by atoms with E-state index in [1.165, 1.54) is 0 Å².